The molecule has 1 aliphatic rings. The second kappa shape index (κ2) is 11.8. The Labute approximate surface area is 186 Å². The number of imide groups is 1. The summed E-state index contributed by atoms with van der Waals surface area (Å²) in [6.45, 7) is 3.38. The average Bonchev–Trinajstić information content (AvgIpc) is 3.03. The molecular formula is C20H28FN3O7S. The van der Waals surface area contributed by atoms with E-state index < -0.39 is 40.5 Å². The fraction of sp³-hybridized carbons (Fsp3) is 0.550. The third kappa shape index (κ3) is 8.08. The Morgan fingerprint density at radius 3 is 2.69 bits per heavy atom. The molecule has 0 spiro atoms. The number of hydrogen-bond donors (Lipinski definition) is 2. The van der Waals surface area contributed by atoms with E-state index in [1.165, 1.54) is 17.0 Å². The van der Waals surface area contributed by atoms with Crippen molar-refractivity contribution in [3.05, 3.63) is 29.6 Å². The highest BCUT2D eigenvalue weighted by molar-refractivity contribution is 7.89. The minimum atomic E-state index is -3.61. The van der Waals surface area contributed by atoms with Crippen molar-refractivity contribution in [3.63, 3.8) is 0 Å². The molecule has 2 N–H and O–H groups in total. The molecule has 0 unspecified atom stereocenters. The highest BCUT2D eigenvalue weighted by Crippen LogP contribution is 2.23. The fourth-order valence-electron chi connectivity index (χ4n) is 3.07. The number of unbranched alkanes of at least 4 members (excludes halogenated alkanes) is 2. The van der Waals surface area contributed by atoms with E-state index in [9.17, 15) is 27.2 Å². The monoisotopic (exact) mass is 473 g/mol. The van der Waals surface area contributed by atoms with Crippen molar-refractivity contribution in [1.29, 1.82) is 0 Å². The summed E-state index contributed by atoms with van der Waals surface area (Å²) in [5, 5.41) is 2.18. The standard InChI is InChI=1S/C20H28FN3O7S/c1-3-30-19(26)13-31-17-11-15(7-8-16(17)21)14(2)23-32(28,29)10-6-4-5-9-24-12-18(25)22-20(24)27/h7-8,11,14,23H,3-6,9-10,12-13H2,1-2H3,(H,22,25,27)/t14-/m1/s1. The molecule has 32 heavy (non-hydrogen) atoms. The first kappa shape index (κ1) is 25.5. The fourth-order valence-corrected chi connectivity index (χ4v) is 4.45. The van der Waals surface area contributed by atoms with Crippen LogP contribution in [0.4, 0.5) is 9.18 Å². The van der Waals surface area contributed by atoms with E-state index in [0.29, 0.717) is 31.4 Å². The first-order valence-electron chi connectivity index (χ1n) is 10.3. The summed E-state index contributed by atoms with van der Waals surface area (Å²) in [5.41, 5.74) is 0.471. The van der Waals surface area contributed by atoms with Gasteiger partial charge < -0.3 is 14.4 Å². The SMILES string of the molecule is CCOC(=O)COc1cc([C@@H](C)NS(=O)(=O)CCCCCN2CC(=O)NC2=O)ccc1F. The van der Waals surface area contributed by atoms with Crippen molar-refractivity contribution < 1.29 is 36.7 Å². The predicted molar refractivity (Wildman–Crippen MR) is 113 cm³/mol. The molecule has 2 rings (SSSR count). The van der Waals surface area contributed by atoms with E-state index in [0.717, 1.165) is 6.07 Å². The predicted octanol–water partition coefficient (Wildman–Crippen LogP) is 1.47. The van der Waals surface area contributed by atoms with Crippen LogP contribution in [0, 0.1) is 5.82 Å². The smallest absolute Gasteiger partial charge is 0.344 e. The maximum Gasteiger partial charge on any atom is 0.344 e. The van der Waals surface area contributed by atoms with Gasteiger partial charge in [0, 0.05) is 12.6 Å². The number of esters is 1. The molecule has 1 heterocycles. The van der Waals surface area contributed by atoms with Gasteiger partial charge in [-0.15, -0.1) is 0 Å². The van der Waals surface area contributed by atoms with Crippen molar-refractivity contribution in [1.82, 2.24) is 14.9 Å². The molecule has 1 fully saturated rings. The van der Waals surface area contributed by atoms with Crippen LogP contribution in [0.25, 0.3) is 0 Å². The first-order chi connectivity index (χ1) is 15.1. The van der Waals surface area contributed by atoms with Gasteiger partial charge in [0.25, 0.3) is 0 Å². The number of nitrogens with one attached hydrogen (secondary N) is 2. The molecule has 12 heteroatoms. The van der Waals surface area contributed by atoms with Crippen LogP contribution in [-0.2, 0) is 24.3 Å². The molecule has 0 bridgehead atoms. The van der Waals surface area contributed by atoms with Crippen LogP contribution in [0.1, 0.15) is 44.7 Å². The molecule has 0 aromatic heterocycles. The number of nitrogens with zero attached hydrogens (tertiary/aromatic N) is 1. The second-order valence-electron chi connectivity index (χ2n) is 7.28. The summed E-state index contributed by atoms with van der Waals surface area (Å²) < 4.78 is 51.1. The van der Waals surface area contributed by atoms with E-state index >= 15 is 0 Å². The molecule has 178 valence electrons. The quantitative estimate of drug-likeness (QED) is 0.252. The Morgan fingerprint density at radius 2 is 2.03 bits per heavy atom. The number of carbonyl (C=O) groups excluding carboxylic acids is 3. The van der Waals surface area contributed by atoms with Crippen LogP contribution in [0.5, 0.6) is 5.75 Å². The molecule has 0 saturated carbocycles. The summed E-state index contributed by atoms with van der Waals surface area (Å²) in [4.78, 5) is 35.3. The lowest BCUT2D eigenvalue weighted by Crippen LogP contribution is -2.30. The third-order valence-electron chi connectivity index (χ3n) is 4.67. The lowest BCUT2D eigenvalue weighted by atomic mass is 10.1. The lowest BCUT2D eigenvalue weighted by molar-refractivity contribution is -0.145. The van der Waals surface area contributed by atoms with Crippen LogP contribution in [-0.4, -0.2) is 63.3 Å². The van der Waals surface area contributed by atoms with Crippen molar-refractivity contribution >= 4 is 27.9 Å². The molecule has 1 atom stereocenters. The number of hydrogen-bond acceptors (Lipinski definition) is 7. The third-order valence-corrected chi connectivity index (χ3v) is 6.21. The van der Waals surface area contributed by atoms with Crippen LogP contribution < -0.4 is 14.8 Å². The van der Waals surface area contributed by atoms with Gasteiger partial charge in [0.05, 0.1) is 12.4 Å². The van der Waals surface area contributed by atoms with Gasteiger partial charge in [0.15, 0.2) is 18.2 Å². The van der Waals surface area contributed by atoms with E-state index in [-0.39, 0.29) is 30.6 Å². The van der Waals surface area contributed by atoms with Gasteiger partial charge in [0.2, 0.25) is 15.9 Å². The number of amides is 3. The molecule has 3 amide bonds. The maximum atomic E-state index is 13.9. The largest absolute Gasteiger partial charge is 0.479 e. The van der Waals surface area contributed by atoms with Gasteiger partial charge in [-0.05, 0) is 44.4 Å². The topological polar surface area (TPSA) is 131 Å². The Morgan fingerprint density at radius 1 is 1.28 bits per heavy atom. The molecule has 1 saturated heterocycles. The van der Waals surface area contributed by atoms with Crippen molar-refractivity contribution in [3.8, 4) is 5.75 Å². The van der Waals surface area contributed by atoms with Crippen LogP contribution >= 0.6 is 0 Å². The Hall–Kier alpha value is -2.73. The van der Waals surface area contributed by atoms with Crippen molar-refractivity contribution in [2.24, 2.45) is 0 Å². The molecule has 1 aromatic rings. The highest BCUT2D eigenvalue weighted by atomic mass is 32.2. The van der Waals surface area contributed by atoms with Gasteiger partial charge >= 0.3 is 12.0 Å². The van der Waals surface area contributed by atoms with E-state index in [1.54, 1.807) is 13.8 Å². The van der Waals surface area contributed by atoms with Gasteiger partial charge in [0.1, 0.15) is 6.54 Å². The Bertz CT molecular complexity index is 939. The van der Waals surface area contributed by atoms with E-state index in [1.807, 2.05) is 0 Å². The maximum absolute atomic E-state index is 13.9. The lowest BCUT2D eigenvalue weighted by Gasteiger charge is -2.16. The minimum Gasteiger partial charge on any atom is -0.479 e. The number of halogens is 1. The first-order valence-corrected chi connectivity index (χ1v) is 11.9. The number of ether oxygens (including phenoxy) is 2. The zero-order chi connectivity index (χ0) is 23.7. The van der Waals surface area contributed by atoms with Crippen molar-refractivity contribution in [2.45, 2.75) is 39.2 Å². The number of benzene rings is 1. The van der Waals surface area contributed by atoms with Crippen LogP contribution in [0.3, 0.4) is 0 Å². The number of sulfonamides is 1. The van der Waals surface area contributed by atoms with E-state index in [2.05, 4.69) is 10.0 Å². The normalized spacial score (nSPS) is 14.9. The average molecular weight is 474 g/mol. The Kier molecular flexibility index (Phi) is 9.39. The van der Waals surface area contributed by atoms with Crippen LogP contribution in [0.15, 0.2) is 18.2 Å². The second-order valence-corrected chi connectivity index (χ2v) is 9.15. The molecule has 1 aliphatic heterocycles. The summed E-state index contributed by atoms with van der Waals surface area (Å²) in [5.74, 6) is -1.95. The zero-order valence-corrected chi connectivity index (χ0v) is 18.9. The summed E-state index contributed by atoms with van der Waals surface area (Å²) >= 11 is 0. The molecule has 10 nitrogen and oxygen atoms in total. The number of rotatable bonds is 13. The summed E-state index contributed by atoms with van der Waals surface area (Å²) in [6.07, 6.45) is 1.52. The number of urea groups is 1. The Balaban J connectivity index is 1.80. The molecular weight excluding hydrogens is 445 g/mol. The van der Waals surface area contributed by atoms with Gasteiger partial charge in [-0.25, -0.2) is 27.1 Å². The zero-order valence-electron chi connectivity index (χ0n) is 18.1. The summed E-state index contributed by atoms with van der Waals surface area (Å²) in [7, 11) is -3.61. The molecule has 0 aliphatic carbocycles. The van der Waals surface area contributed by atoms with Crippen LogP contribution in [0.2, 0.25) is 0 Å². The van der Waals surface area contributed by atoms with E-state index in [4.69, 9.17) is 9.47 Å². The highest BCUT2D eigenvalue weighted by Gasteiger charge is 2.25. The number of carbonyl (C=O) groups is 3. The van der Waals surface area contributed by atoms with Crippen molar-refractivity contribution in [2.75, 3.05) is 32.1 Å². The molecule has 0 radical (unpaired) electrons. The van der Waals surface area contributed by atoms with Gasteiger partial charge in [-0.3, -0.25) is 10.1 Å². The minimum absolute atomic E-state index is 0.0271. The van der Waals surface area contributed by atoms with Gasteiger partial charge in [-0.1, -0.05) is 12.5 Å². The summed E-state index contributed by atoms with van der Waals surface area (Å²) in [6, 6.07) is 2.83. The molecule has 1 aromatic carbocycles. The van der Waals surface area contributed by atoms with Gasteiger partial charge in [-0.2, -0.15) is 0 Å².